The van der Waals surface area contributed by atoms with Crippen LogP contribution in [0.5, 0.6) is 0 Å². The maximum absolute atomic E-state index is 9.20. The largest absolute Gasteiger partial charge is 2.00 e. The van der Waals surface area contributed by atoms with Gasteiger partial charge in [-0.15, -0.1) is 0 Å². The van der Waals surface area contributed by atoms with Crippen LogP contribution in [0.4, 0.5) is 0 Å². The third-order valence-electron chi connectivity index (χ3n) is 0.250. The summed E-state index contributed by atoms with van der Waals surface area (Å²) in [5.74, 6) is 0. The van der Waals surface area contributed by atoms with E-state index in [0.29, 0.717) is 0 Å². The average Bonchev–Trinajstić information content (AvgIpc) is 1.25. The molecule has 10 heteroatoms. The minimum atomic E-state index is -5.67. The summed E-state index contributed by atoms with van der Waals surface area (Å²) >= 11 is 0. The Morgan fingerprint density at radius 2 is 0.900 bits per heavy atom. The van der Waals surface area contributed by atoms with E-state index in [1.54, 1.807) is 0 Å². The number of hydrogen-bond acceptors (Lipinski definition) is 6. The molecule has 1 unspecified atom stereocenters. The molecule has 0 amide bonds. The van der Waals surface area contributed by atoms with Gasteiger partial charge >= 0.3 is 19.5 Å². The normalized spacial score (nSPS) is 11.0. The molecule has 0 radical (unpaired) electrons. The zero-order chi connectivity index (χ0) is 7.00. The molecule has 0 N–H and O–H groups in total. The van der Waals surface area contributed by atoms with Crippen molar-refractivity contribution >= 4 is 28.2 Å². The summed E-state index contributed by atoms with van der Waals surface area (Å²) in [5.41, 5.74) is 0. The second-order valence-corrected chi connectivity index (χ2v) is 4.90. The van der Waals surface area contributed by atoms with Gasteiger partial charge in [-0.25, -0.2) is 16.8 Å². The van der Waals surface area contributed by atoms with Crippen LogP contribution in [-0.4, -0.2) is 25.9 Å². The summed E-state index contributed by atoms with van der Waals surface area (Å²) < 4.78 is 55.2. The quantitative estimate of drug-likeness (QED) is 0.234. The summed E-state index contributed by atoms with van der Waals surface area (Å²) in [5, 5.41) is 0. The first-order valence-electron chi connectivity index (χ1n) is 1.17. The second-order valence-electron chi connectivity index (χ2n) is 0.816. The standard InChI is InChI=1S/H2O6S2.H3P.Zn/c1-7(2,3)8(4,5)6;;/h(H,1,2,3)(H,4,5,6);1H3;/q;;+2/p-2. The van der Waals surface area contributed by atoms with Gasteiger partial charge < -0.3 is 9.11 Å². The summed E-state index contributed by atoms with van der Waals surface area (Å²) in [6.07, 6.45) is 0. The van der Waals surface area contributed by atoms with Crippen LogP contribution in [0.25, 0.3) is 0 Å². The Balaban J connectivity index is -0.000000245. The molecule has 0 aliphatic heterocycles. The predicted octanol–water partition coefficient (Wildman–Crippen LogP) is -1.95. The second kappa shape index (κ2) is 4.69. The minimum Gasteiger partial charge on any atom is -0.736 e. The van der Waals surface area contributed by atoms with Crippen LogP contribution >= 0.6 is 9.90 Å². The van der Waals surface area contributed by atoms with Gasteiger partial charge in [0.25, 0.3) is 0 Å². The molecule has 0 saturated heterocycles. The zero-order valence-corrected chi connectivity index (χ0v) is 10.7. The first-order chi connectivity index (χ1) is 3.25. The smallest absolute Gasteiger partial charge is 0.736 e. The van der Waals surface area contributed by atoms with Gasteiger partial charge in [0.1, 0.15) is 0 Å². The topological polar surface area (TPSA) is 114 Å². The Kier molecular flexibility index (Phi) is 8.02. The molecule has 0 heterocycles. The molecule has 10 heavy (non-hydrogen) atoms. The van der Waals surface area contributed by atoms with E-state index in [9.17, 15) is 25.9 Å². The molecule has 0 aromatic rings. The molecule has 0 aromatic carbocycles. The monoisotopic (exact) mass is 258 g/mol. The Labute approximate surface area is 73.7 Å². The van der Waals surface area contributed by atoms with Crippen molar-refractivity contribution in [2.75, 3.05) is 0 Å². The Morgan fingerprint density at radius 3 is 0.900 bits per heavy atom. The minimum absolute atomic E-state index is 0. The maximum Gasteiger partial charge on any atom is 2.00 e. The van der Waals surface area contributed by atoms with E-state index < -0.39 is 18.3 Å². The summed E-state index contributed by atoms with van der Waals surface area (Å²) in [7, 11) is -11.3. The van der Waals surface area contributed by atoms with Gasteiger partial charge in [-0.3, -0.25) is 0 Å². The maximum atomic E-state index is 9.20. The molecule has 0 spiro atoms. The van der Waals surface area contributed by atoms with Crippen molar-refractivity contribution in [1.82, 2.24) is 0 Å². The summed E-state index contributed by atoms with van der Waals surface area (Å²) in [6, 6.07) is 0. The fourth-order valence-corrected chi connectivity index (χ4v) is 0. The fraction of sp³-hybridized carbons (Fsp3) is 0. The number of rotatable bonds is 1. The van der Waals surface area contributed by atoms with Crippen molar-refractivity contribution in [3.8, 4) is 0 Å². The van der Waals surface area contributed by atoms with Crippen molar-refractivity contribution in [3.05, 3.63) is 0 Å². The average molecular weight is 260 g/mol. The van der Waals surface area contributed by atoms with Gasteiger partial charge in [0.2, 0.25) is 0 Å². The van der Waals surface area contributed by atoms with E-state index >= 15 is 0 Å². The molecule has 0 aliphatic rings. The zero-order valence-electron chi connectivity index (χ0n) is 4.68. The van der Waals surface area contributed by atoms with Gasteiger partial charge in [-0.05, 0) is 0 Å². The Morgan fingerprint density at radius 1 is 0.800 bits per heavy atom. The Bertz CT molecular complexity index is 228. The van der Waals surface area contributed by atoms with Gasteiger partial charge in [0.15, 0.2) is 18.3 Å². The van der Waals surface area contributed by atoms with Crippen LogP contribution in [-0.2, 0) is 37.8 Å². The molecular formula is H3O6PS2Zn. The number of hydrogen-bond donors (Lipinski definition) is 0. The van der Waals surface area contributed by atoms with Crippen LogP contribution in [0.3, 0.4) is 0 Å². The van der Waals surface area contributed by atoms with Crippen LogP contribution in [0.1, 0.15) is 0 Å². The van der Waals surface area contributed by atoms with Crippen LogP contribution in [0.15, 0.2) is 0 Å². The van der Waals surface area contributed by atoms with Crippen LogP contribution in [0.2, 0.25) is 0 Å². The van der Waals surface area contributed by atoms with Crippen molar-refractivity contribution in [1.29, 1.82) is 0 Å². The van der Waals surface area contributed by atoms with E-state index in [2.05, 4.69) is 0 Å². The van der Waals surface area contributed by atoms with Crippen LogP contribution in [0, 0.1) is 0 Å². The first kappa shape index (κ1) is 17.1. The molecule has 0 bridgehead atoms. The summed E-state index contributed by atoms with van der Waals surface area (Å²) in [4.78, 5) is 0. The SMILES string of the molecule is O=S(=O)([O-])S(=O)(=O)[O-].P.[Zn+2]. The van der Waals surface area contributed by atoms with E-state index in [4.69, 9.17) is 0 Å². The van der Waals surface area contributed by atoms with E-state index in [1.165, 1.54) is 0 Å². The van der Waals surface area contributed by atoms with Gasteiger partial charge in [-0.1, -0.05) is 0 Å². The molecule has 0 rings (SSSR count). The molecule has 1 atom stereocenters. The van der Waals surface area contributed by atoms with Gasteiger partial charge in [-0.2, -0.15) is 9.90 Å². The first-order valence-corrected chi connectivity index (χ1v) is 4.50. The van der Waals surface area contributed by atoms with Gasteiger partial charge in [0.05, 0.1) is 0 Å². The van der Waals surface area contributed by atoms with Crippen molar-refractivity contribution in [2.45, 2.75) is 0 Å². The third-order valence-corrected chi connectivity index (χ3v) is 2.25. The van der Waals surface area contributed by atoms with Crippen LogP contribution < -0.4 is 0 Å². The molecule has 0 aromatic heterocycles. The Hall–Kier alpha value is 0.873. The molecule has 0 saturated carbocycles. The van der Waals surface area contributed by atoms with E-state index in [1.807, 2.05) is 0 Å². The van der Waals surface area contributed by atoms with E-state index in [-0.39, 0.29) is 29.4 Å². The molecule has 6 nitrogen and oxygen atoms in total. The molecule has 0 aliphatic carbocycles. The molecule has 0 fully saturated rings. The van der Waals surface area contributed by atoms with E-state index in [0.717, 1.165) is 0 Å². The molecular weight excluding hydrogens is 256 g/mol. The van der Waals surface area contributed by atoms with Gasteiger partial charge in [0, 0.05) is 0 Å². The molecule has 58 valence electrons. The predicted molar refractivity (Wildman–Crippen MR) is 30.5 cm³/mol. The van der Waals surface area contributed by atoms with Crippen molar-refractivity contribution in [2.24, 2.45) is 0 Å². The third kappa shape index (κ3) is 5.64. The van der Waals surface area contributed by atoms with Crippen molar-refractivity contribution in [3.63, 3.8) is 0 Å². The summed E-state index contributed by atoms with van der Waals surface area (Å²) in [6.45, 7) is 0. The fourth-order valence-electron chi connectivity index (χ4n) is 0. The van der Waals surface area contributed by atoms with Crippen molar-refractivity contribution < 1.29 is 45.4 Å².